The summed E-state index contributed by atoms with van der Waals surface area (Å²) in [6.45, 7) is 0. The average Bonchev–Trinajstić information content (AvgIpc) is 3.33. The highest BCUT2D eigenvalue weighted by atomic mass is 32.1. The standard InChI is InChI=1S/C26H27N3O2S/c1-31-18-13-11-16(12-14-18)24-23-20(19-9-5-6-10-21(19)27-23)15-22-25(30)28(26(32)29(22)24)17-7-3-2-4-8-17/h5-6,9-14,17,22,24,27H,2-4,7-8,15H2,1H3/t22-,24+/m1/s1. The molecule has 5 nitrogen and oxygen atoms in total. The highest BCUT2D eigenvalue weighted by Crippen LogP contribution is 2.45. The van der Waals surface area contributed by atoms with Crippen LogP contribution in [0.15, 0.2) is 48.5 Å². The Morgan fingerprint density at radius 3 is 2.53 bits per heavy atom. The van der Waals surface area contributed by atoms with E-state index in [2.05, 4.69) is 40.2 Å². The molecule has 0 unspecified atom stereocenters. The number of para-hydroxylation sites is 1. The number of benzene rings is 2. The van der Waals surface area contributed by atoms with Gasteiger partial charge in [0, 0.05) is 29.1 Å². The lowest BCUT2D eigenvalue weighted by Crippen LogP contribution is -2.44. The zero-order valence-electron chi connectivity index (χ0n) is 18.2. The number of aromatic amines is 1. The predicted molar refractivity (Wildman–Crippen MR) is 129 cm³/mol. The minimum Gasteiger partial charge on any atom is -0.497 e. The summed E-state index contributed by atoms with van der Waals surface area (Å²) in [4.78, 5) is 21.6. The highest BCUT2D eigenvalue weighted by molar-refractivity contribution is 7.80. The predicted octanol–water partition coefficient (Wildman–Crippen LogP) is 4.95. The Balaban J connectivity index is 1.49. The maximum atomic E-state index is 13.8. The number of thiocarbonyl (C=S) groups is 1. The molecule has 6 rings (SSSR count). The molecule has 32 heavy (non-hydrogen) atoms. The smallest absolute Gasteiger partial charge is 0.252 e. The van der Waals surface area contributed by atoms with Gasteiger partial charge in [0.1, 0.15) is 11.8 Å². The molecule has 1 aromatic heterocycles. The molecule has 1 saturated heterocycles. The summed E-state index contributed by atoms with van der Waals surface area (Å²) in [5.41, 5.74) is 4.61. The van der Waals surface area contributed by atoms with Crippen LogP contribution in [0, 0.1) is 0 Å². The first-order chi connectivity index (χ1) is 15.7. The summed E-state index contributed by atoms with van der Waals surface area (Å²) in [5, 5.41) is 1.90. The zero-order chi connectivity index (χ0) is 21.8. The normalized spacial score (nSPS) is 23.5. The van der Waals surface area contributed by atoms with Crippen LogP contribution >= 0.6 is 12.2 Å². The molecule has 0 radical (unpaired) electrons. The van der Waals surface area contributed by atoms with Gasteiger partial charge in [-0.3, -0.25) is 9.69 Å². The maximum absolute atomic E-state index is 13.8. The molecular weight excluding hydrogens is 418 g/mol. The van der Waals surface area contributed by atoms with E-state index in [1.165, 1.54) is 30.2 Å². The number of nitrogens with zero attached hydrogens (tertiary/aromatic N) is 2. The molecule has 164 valence electrons. The van der Waals surface area contributed by atoms with Crippen molar-refractivity contribution in [2.24, 2.45) is 0 Å². The van der Waals surface area contributed by atoms with Crippen molar-refractivity contribution in [2.75, 3.05) is 7.11 Å². The van der Waals surface area contributed by atoms with Gasteiger partial charge in [0.2, 0.25) is 0 Å². The number of H-pyrrole nitrogens is 1. The van der Waals surface area contributed by atoms with E-state index in [4.69, 9.17) is 17.0 Å². The third kappa shape index (κ3) is 2.89. The van der Waals surface area contributed by atoms with Crippen molar-refractivity contribution in [3.63, 3.8) is 0 Å². The van der Waals surface area contributed by atoms with Crippen LogP contribution in [-0.4, -0.2) is 45.0 Å². The third-order valence-corrected chi connectivity index (χ3v) is 7.86. The summed E-state index contributed by atoms with van der Waals surface area (Å²) in [7, 11) is 1.68. The Labute approximate surface area is 193 Å². The quantitative estimate of drug-likeness (QED) is 0.580. The van der Waals surface area contributed by atoms with E-state index < -0.39 is 0 Å². The van der Waals surface area contributed by atoms with Crippen LogP contribution in [0.2, 0.25) is 0 Å². The molecule has 3 aliphatic rings. The van der Waals surface area contributed by atoms with Crippen molar-refractivity contribution in [3.8, 4) is 5.75 Å². The van der Waals surface area contributed by atoms with Gasteiger partial charge in [0.15, 0.2) is 5.11 Å². The minimum absolute atomic E-state index is 0.118. The molecule has 3 heterocycles. The molecule has 2 aliphatic heterocycles. The molecule has 6 heteroatoms. The number of amides is 1. The van der Waals surface area contributed by atoms with Crippen molar-refractivity contribution in [1.29, 1.82) is 0 Å². The van der Waals surface area contributed by atoms with Crippen LogP contribution in [0.4, 0.5) is 0 Å². The van der Waals surface area contributed by atoms with E-state index in [1.54, 1.807) is 7.11 Å². The number of ether oxygens (including phenoxy) is 1. The largest absolute Gasteiger partial charge is 0.497 e. The van der Waals surface area contributed by atoms with Crippen LogP contribution in [0.3, 0.4) is 0 Å². The molecule has 0 spiro atoms. The van der Waals surface area contributed by atoms with E-state index in [1.807, 2.05) is 23.1 Å². The van der Waals surface area contributed by atoms with Gasteiger partial charge in [0.05, 0.1) is 13.2 Å². The first kappa shape index (κ1) is 19.8. The summed E-state index contributed by atoms with van der Waals surface area (Å²) in [6.07, 6.45) is 6.39. The lowest BCUT2D eigenvalue weighted by atomic mass is 9.88. The minimum atomic E-state index is -0.247. The van der Waals surface area contributed by atoms with E-state index in [-0.39, 0.29) is 24.0 Å². The zero-order valence-corrected chi connectivity index (χ0v) is 19.0. The second-order valence-corrected chi connectivity index (χ2v) is 9.51. The molecule has 2 atom stereocenters. The number of nitrogens with one attached hydrogen (secondary N) is 1. The molecule has 1 saturated carbocycles. The Bertz CT molecular complexity index is 1200. The van der Waals surface area contributed by atoms with Gasteiger partial charge in [-0.25, -0.2) is 0 Å². The fourth-order valence-electron chi connectivity index (χ4n) is 5.90. The number of hydrogen-bond acceptors (Lipinski definition) is 3. The van der Waals surface area contributed by atoms with Crippen LogP contribution < -0.4 is 4.74 Å². The first-order valence-corrected chi connectivity index (χ1v) is 12.0. The monoisotopic (exact) mass is 445 g/mol. The van der Waals surface area contributed by atoms with Gasteiger partial charge in [0.25, 0.3) is 5.91 Å². The molecule has 0 bridgehead atoms. The number of rotatable bonds is 3. The lowest BCUT2D eigenvalue weighted by Gasteiger charge is -2.38. The third-order valence-electron chi connectivity index (χ3n) is 7.45. The maximum Gasteiger partial charge on any atom is 0.252 e. The Morgan fingerprint density at radius 2 is 1.78 bits per heavy atom. The van der Waals surface area contributed by atoms with Gasteiger partial charge >= 0.3 is 0 Å². The first-order valence-electron chi connectivity index (χ1n) is 11.6. The van der Waals surface area contributed by atoms with E-state index in [0.29, 0.717) is 11.5 Å². The second kappa shape index (κ2) is 7.62. The van der Waals surface area contributed by atoms with Gasteiger partial charge < -0.3 is 14.6 Å². The van der Waals surface area contributed by atoms with Crippen LogP contribution in [0.5, 0.6) is 5.75 Å². The second-order valence-electron chi connectivity index (χ2n) is 9.15. The van der Waals surface area contributed by atoms with Gasteiger partial charge in [-0.2, -0.15) is 0 Å². The summed E-state index contributed by atoms with van der Waals surface area (Å²) in [6, 6.07) is 16.4. The van der Waals surface area contributed by atoms with Crippen molar-refractivity contribution >= 4 is 34.1 Å². The lowest BCUT2D eigenvalue weighted by molar-refractivity contribution is -0.130. The molecule has 1 amide bonds. The van der Waals surface area contributed by atoms with Gasteiger partial charge in [-0.15, -0.1) is 0 Å². The number of hydrogen-bond donors (Lipinski definition) is 1. The summed E-state index contributed by atoms with van der Waals surface area (Å²) >= 11 is 6.02. The number of fused-ring (bicyclic) bond motifs is 4. The molecule has 1 aliphatic carbocycles. The molecular formula is C26H27N3O2S. The van der Waals surface area contributed by atoms with Crippen LogP contribution in [0.1, 0.15) is 55.0 Å². The summed E-state index contributed by atoms with van der Waals surface area (Å²) < 4.78 is 5.39. The topological polar surface area (TPSA) is 48.6 Å². The Morgan fingerprint density at radius 1 is 1.03 bits per heavy atom. The van der Waals surface area contributed by atoms with Crippen molar-refractivity contribution < 1.29 is 9.53 Å². The average molecular weight is 446 g/mol. The Hall–Kier alpha value is -2.86. The molecule has 2 fully saturated rings. The number of carbonyl (C=O) groups is 1. The van der Waals surface area contributed by atoms with E-state index in [0.717, 1.165) is 35.4 Å². The highest BCUT2D eigenvalue weighted by Gasteiger charge is 2.52. The summed E-state index contributed by atoms with van der Waals surface area (Å²) in [5.74, 6) is 0.998. The number of aromatic nitrogens is 1. The van der Waals surface area contributed by atoms with Crippen LogP contribution in [0.25, 0.3) is 10.9 Å². The number of carbonyl (C=O) groups excluding carboxylic acids is 1. The van der Waals surface area contributed by atoms with E-state index >= 15 is 0 Å². The van der Waals surface area contributed by atoms with Gasteiger partial charge in [-0.05, 0) is 54.4 Å². The fraction of sp³-hybridized carbons (Fsp3) is 0.385. The van der Waals surface area contributed by atoms with Crippen molar-refractivity contribution in [3.05, 3.63) is 65.4 Å². The van der Waals surface area contributed by atoms with Crippen LogP contribution in [-0.2, 0) is 11.2 Å². The SMILES string of the molecule is COc1ccc([C@H]2c3[nH]c4ccccc4c3C[C@@H]3C(=O)N(C4CCCCC4)C(=S)N23)cc1. The fourth-order valence-corrected chi connectivity index (χ4v) is 6.37. The van der Waals surface area contributed by atoms with Gasteiger partial charge in [-0.1, -0.05) is 49.6 Å². The molecule has 2 aromatic carbocycles. The van der Waals surface area contributed by atoms with E-state index in [9.17, 15) is 4.79 Å². The van der Waals surface area contributed by atoms with Crippen molar-refractivity contribution in [1.82, 2.24) is 14.8 Å². The van der Waals surface area contributed by atoms with Crippen molar-refractivity contribution in [2.45, 2.75) is 56.7 Å². The molecule has 3 aromatic rings. The molecule has 1 N–H and O–H groups in total. The Kier molecular flexibility index (Phi) is 4.72. The number of methoxy groups -OCH3 is 1.